The minimum atomic E-state index is -0.0218. The number of hydrogen-bond donors (Lipinski definition) is 1. The molecule has 1 aromatic rings. The normalized spacial score (nSPS) is 9.67. The predicted molar refractivity (Wildman–Crippen MR) is 72.5 cm³/mol. The van der Waals surface area contributed by atoms with Crippen LogP contribution in [0.4, 0.5) is 5.69 Å². The average Bonchev–Trinajstić information content (AvgIpc) is 2.35. The standard InChI is InChI=1S/C14H19N3O/c1-4-8-16-13(18)10-17(3)14-11(2)6-5-7-12(14)9-15/h5-7H,4,8,10H2,1-3H3,(H,16,18). The molecule has 1 aromatic carbocycles. The molecule has 0 bridgehead atoms. The predicted octanol–water partition coefficient (Wildman–Crippen LogP) is 1.83. The van der Waals surface area contributed by atoms with Crippen LogP contribution in [0.2, 0.25) is 0 Å². The van der Waals surface area contributed by atoms with Crippen molar-refractivity contribution in [3.05, 3.63) is 29.3 Å². The van der Waals surface area contributed by atoms with Crippen LogP contribution in [-0.4, -0.2) is 26.0 Å². The first kappa shape index (κ1) is 14.0. The number of para-hydroxylation sites is 1. The molecular weight excluding hydrogens is 226 g/mol. The molecule has 96 valence electrons. The van der Waals surface area contributed by atoms with E-state index in [-0.39, 0.29) is 12.5 Å². The zero-order chi connectivity index (χ0) is 13.5. The van der Waals surface area contributed by atoms with E-state index in [1.807, 2.05) is 37.9 Å². The van der Waals surface area contributed by atoms with Crippen molar-refractivity contribution in [2.45, 2.75) is 20.3 Å². The lowest BCUT2D eigenvalue weighted by Crippen LogP contribution is -2.36. The molecule has 18 heavy (non-hydrogen) atoms. The van der Waals surface area contributed by atoms with Gasteiger partial charge in [-0.15, -0.1) is 0 Å². The number of nitrogens with one attached hydrogen (secondary N) is 1. The van der Waals surface area contributed by atoms with Crippen LogP contribution < -0.4 is 10.2 Å². The van der Waals surface area contributed by atoms with Crippen LogP contribution in [0.1, 0.15) is 24.5 Å². The van der Waals surface area contributed by atoms with Gasteiger partial charge < -0.3 is 10.2 Å². The van der Waals surface area contributed by atoms with Gasteiger partial charge in [-0.25, -0.2) is 0 Å². The molecule has 0 heterocycles. The Morgan fingerprint density at radius 2 is 2.22 bits per heavy atom. The van der Waals surface area contributed by atoms with Crippen LogP contribution in [0.15, 0.2) is 18.2 Å². The quantitative estimate of drug-likeness (QED) is 0.861. The number of carbonyl (C=O) groups excluding carboxylic acids is 1. The largest absolute Gasteiger partial charge is 0.364 e. The third-order valence-electron chi connectivity index (χ3n) is 2.69. The molecule has 0 saturated heterocycles. The van der Waals surface area contributed by atoms with Crippen LogP contribution in [0.25, 0.3) is 0 Å². The Balaban J connectivity index is 2.81. The summed E-state index contributed by atoms with van der Waals surface area (Å²) >= 11 is 0. The van der Waals surface area contributed by atoms with Gasteiger partial charge in [0.05, 0.1) is 17.8 Å². The van der Waals surface area contributed by atoms with Crippen LogP contribution in [0, 0.1) is 18.3 Å². The van der Waals surface area contributed by atoms with Gasteiger partial charge in [0.15, 0.2) is 0 Å². The second kappa shape index (κ2) is 6.65. The average molecular weight is 245 g/mol. The Morgan fingerprint density at radius 1 is 1.50 bits per heavy atom. The molecule has 0 aliphatic heterocycles. The highest BCUT2D eigenvalue weighted by molar-refractivity contribution is 5.82. The van der Waals surface area contributed by atoms with Crippen molar-refractivity contribution in [2.75, 3.05) is 25.0 Å². The van der Waals surface area contributed by atoms with Crippen LogP contribution in [0.3, 0.4) is 0 Å². The minimum Gasteiger partial charge on any atom is -0.364 e. The molecule has 0 saturated carbocycles. The molecule has 0 aliphatic carbocycles. The molecule has 4 heteroatoms. The van der Waals surface area contributed by atoms with Crippen molar-refractivity contribution >= 4 is 11.6 Å². The number of nitriles is 1. The molecular formula is C14H19N3O. The maximum absolute atomic E-state index is 11.7. The molecule has 0 spiro atoms. The molecule has 0 fully saturated rings. The Hall–Kier alpha value is -2.02. The maximum atomic E-state index is 11.7. The Labute approximate surface area is 108 Å². The Kier molecular flexibility index (Phi) is 5.19. The van der Waals surface area contributed by atoms with Gasteiger partial charge in [0.1, 0.15) is 6.07 Å². The van der Waals surface area contributed by atoms with E-state index in [0.717, 1.165) is 17.7 Å². The number of amides is 1. The van der Waals surface area contributed by atoms with Gasteiger partial charge in [-0.2, -0.15) is 5.26 Å². The number of hydrogen-bond acceptors (Lipinski definition) is 3. The number of anilines is 1. The van der Waals surface area contributed by atoms with Gasteiger partial charge in [0.2, 0.25) is 5.91 Å². The summed E-state index contributed by atoms with van der Waals surface area (Å²) in [6.45, 7) is 4.90. The van der Waals surface area contributed by atoms with E-state index in [2.05, 4.69) is 11.4 Å². The molecule has 4 nitrogen and oxygen atoms in total. The SMILES string of the molecule is CCCNC(=O)CN(C)c1c(C)cccc1C#N. The summed E-state index contributed by atoms with van der Waals surface area (Å²) in [4.78, 5) is 13.5. The summed E-state index contributed by atoms with van der Waals surface area (Å²) in [5, 5.41) is 11.9. The van der Waals surface area contributed by atoms with E-state index in [1.165, 1.54) is 0 Å². The van der Waals surface area contributed by atoms with Crippen molar-refractivity contribution in [2.24, 2.45) is 0 Å². The minimum absolute atomic E-state index is 0.0218. The van der Waals surface area contributed by atoms with Gasteiger partial charge in [0.25, 0.3) is 0 Å². The molecule has 0 radical (unpaired) electrons. The van der Waals surface area contributed by atoms with Crippen LogP contribution in [-0.2, 0) is 4.79 Å². The van der Waals surface area contributed by atoms with E-state index < -0.39 is 0 Å². The van der Waals surface area contributed by atoms with E-state index in [0.29, 0.717) is 12.1 Å². The molecule has 1 rings (SSSR count). The third kappa shape index (κ3) is 3.49. The highest BCUT2D eigenvalue weighted by atomic mass is 16.2. The second-order valence-corrected chi connectivity index (χ2v) is 4.29. The van der Waals surface area contributed by atoms with Crippen molar-refractivity contribution in [1.29, 1.82) is 5.26 Å². The number of nitrogens with zero attached hydrogens (tertiary/aromatic N) is 2. The molecule has 0 unspecified atom stereocenters. The van der Waals surface area contributed by atoms with Crippen molar-refractivity contribution < 1.29 is 4.79 Å². The third-order valence-corrected chi connectivity index (χ3v) is 2.69. The first-order valence-electron chi connectivity index (χ1n) is 6.07. The van der Waals surface area contributed by atoms with Crippen molar-refractivity contribution in [3.8, 4) is 6.07 Å². The van der Waals surface area contributed by atoms with Gasteiger partial charge in [-0.1, -0.05) is 19.1 Å². The number of carbonyl (C=O) groups is 1. The number of rotatable bonds is 5. The Morgan fingerprint density at radius 3 is 2.83 bits per heavy atom. The summed E-state index contributed by atoms with van der Waals surface area (Å²) in [5.74, 6) is -0.0218. The summed E-state index contributed by atoms with van der Waals surface area (Å²) in [5.41, 5.74) is 2.42. The van der Waals surface area contributed by atoms with Gasteiger partial charge in [0, 0.05) is 13.6 Å². The first-order valence-corrected chi connectivity index (χ1v) is 6.07. The molecule has 1 amide bonds. The molecule has 0 aliphatic rings. The highest BCUT2D eigenvalue weighted by Gasteiger charge is 2.12. The van der Waals surface area contributed by atoms with Gasteiger partial charge >= 0.3 is 0 Å². The van der Waals surface area contributed by atoms with Crippen LogP contribution >= 0.6 is 0 Å². The number of likely N-dealkylation sites (N-methyl/N-ethyl adjacent to an activating group) is 1. The summed E-state index contributed by atoms with van der Waals surface area (Å²) in [6, 6.07) is 7.72. The summed E-state index contributed by atoms with van der Waals surface area (Å²) in [7, 11) is 1.83. The number of benzene rings is 1. The topological polar surface area (TPSA) is 56.1 Å². The molecule has 1 N–H and O–H groups in total. The van der Waals surface area contributed by atoms with E-state index in [9.17, 15) is 4.79 Å². The van der Waals surface area contributed by atoms with E-state index >= 15 is 0 Å². The Bertz CT molecular complexity index is 463. The lowest BCUT2D eigenvalue weighted by molar-refractivity contribution is -0.119. The fourth-order valence-electron chi connectivity index (χ4n) is 1.87. The lowest BCUT2D eigenvalue weighted by atomic mass is 10.1. The first-order chi connectivity index (χ1) is 8.60. The van der Waals surface area contributed by atoms with E-state index in [1.54, 1.807) is 6.07 Å². The van der Waals surface area contributed by atoms with Gasteiger partial charge in [-0.05, 0) is 25.0 Å². The smallest absolute Gasteiger partial charge is 0.239 e. The van der Waals surface area contributed by atoms with E-state index in [4.69, 9.17) is 5.26 Å². The molecule has 0 atom stereocenters. The fourth-order valence-corrected chi connectivity index (χ4v) is 1.87. The maximum Gasteiger partial charge on any atom is 0.239 e. The van der Waals surface area contributed by atoms with Gasteiger partial charge in [-0.3, -0.25) is 4.79 Å². The highest BCUT2D eigenvalue weighted by Crippen LogP contribution is 2.23. The monoisotopic (exact) mass is 245 g/mol. The summed E-state index contributed by atoms with van der Waals surface area (Å²) in [6.07, 6.45) is 0.920. The number of aryl methyl sites for hydroxylation is 1. The second-order valence-electron chi connectivity index (χ2n) is 4.29. The van der Waals surface area contributed by atoms with Crippen molar-refractivity contribution in [3.63, 3.8) is 0 Å². The summed E-state index contributed by atoms with van der Waals surface area (Å²) < 4.78 is 0. The van der Waals surface area contributed by atoms with Crippen LogP contribution in [0.5, 0.6) is 0 Å². The zero-order valence-electron chi connectivity index (χ0n) is 11.2. The lowest BCUT2D eigenvalue weighted by Gasteiger charge is -2.22. The zero-order valence-corrected chi connectivity index (χ0v) is 11.2. The fraction of sp³-hybridized carbons (Fsp3) is 0.429. The molecule has 0 aromatic heterocycles. The van der Waals surface area contributed by atoms with Crippen molar-refractivity contribution in [1.82, 2.24) is 5.32 Å².